The second kappa shape index (κ2) is 10.2. The minimum Gasteiger partial charge on any atom is -0.497 e. The average molecular weight is 435 g/mol. The topological polar surface area (TPSA) is 86.5 Å². The van der Waals surface area contributed by atoms with Gasteiger partial charge in [0.15, 0.2) is 0 Å². The molecular weight excluding hydrogens is 408 g/mol. The number of piperazine rings is 1. The molecule has 0 bridgehead atoms. The molecular formula is C20H26N4O3S2. The number of sulfonamides is 1. The number of benzene rings is 1. The Morgan fingerprint density at radius 1 is 1.17 bits per heavy atom. The van der Waals surface area contributed by atoms with Crippen molar-refractivity contribution < 1.29 is 13.2 Å². The van der Waals surface area contributed by atoms with Gasteiger partial charge in [0.1, 0.15) is 10.8 Å². The minimum atomic E-state index is -3.22. The Kier molecular flexibility index (Phi) is 7.61. The van der Waals surface area contributed by atoms with E-state index in [2.05, 4.69) is 16.3 Å². The van der Waals surface area contributed by atoms with Crippen LogP contribution >= 0.6 is 11.3 Å². The van der Waals surface area contributed by atoms with Gasteiger partial charge in [0, 0.05) is 50.1 Å². The first kappa shape index (κ1) is 21.7. The Bertz CT molecular complexity index is 927. The number of hydrogen-bond donors (Lipinski definition) is 0. The molecule has 1 aliphatic rings. The molecule has 9 heteroatoms. The minimum absolute atomic E-state index is 0.131. The van der Waals surface area contributed by atoms with E-state index in [4.69, 9.17) is 15.0 Å². The molecule has 156 valence electrons. The summed E-state index contributed by atoms with van der Waals surface area (Å²) in [6.07, 6.45) is 1.59. The number of rotatable bonds is 9. The van der Waals surface area contributed by atoms with Crippen molar-refractivity contribution in [3.63, 3.8) is 0 Å². The maximum Gasteiger partial charge on any atom is 0.214 e. The van der Waals surface area contributed by atoms with Gasteiger partial charge in [-0.2, -0.15) is 9.57 Å². The van der Waals surface area contributed by atoms with E-state index in [9.17, 15) is 8.42 Å². The molecule has 0 radical (unpaired) electrons. The zero-order valence-electron chi connectivity index (χ0n) is 16.6. The van der Waals surface area contributed by atoms with Gasteiger partial charge in [-0.05, 0) is 37.1 Å². The fourth-order valence-electron chi connectivity index (χ4n) is 3.26. The number of aromatic nitrogens is 1. The second-order valence-electron chi connectivity index (χ2n) is 6.98. The Morgan fingerprint density at radius 3 is 2.55 bits per heavy atom. The van der Waals surface area contributed by atoms with E-state index in [1.54, 1.807) is 22.8 Å². The summed E-state index contributed by atoms with van der Waals surface area (Å²) < 4.78 is 31.6. The van der Waals surface area contributed by atoms with E-state index in [1.165, 1.54) is 0 Å². The molecule has 1 fully saturated rings. The van der Waals surface area contributed by atoms with Crippen LogP contribution in [0.3, 0.4) is 0 Å². The molecule has 0 spiro atoms. The first-order chi connectivity index (χ1) is 14.0. The molecule has 29 heavy (non-hydrogen) atoms. The molecule has 0 amide bonds. The van der Waals surface area contributed by atoms with Crippen LogP contribution in [0.1, 0.15) is 25.0 Å². The number of ether oxygens (including phenoxy) is 1. The number of hydrogen-bond acceptors (Lipinski definition) is 7. The van der Waals surface area contributed by atoms with Crippen molar-refractivity contribution in [1.29, 1.82) is 5.26 Å². The normalized spacial score (nSPS) is 15.9. The summed E-state index contributed by atoms with van der Waals surface area (Å²) in [5.74, 6) is 0.954. The van der Waals surface area contributed by atoms with Crippen LogP contribution in [0.15, 0.2) is 29.6 Å². The van der Waals surface area contributed by atoms with E-state index < -0.39 is 10.0 Å². The van der Waals surface area contributed by atoms with Crippen molar-refractivity contribution in [2.75, 3.05) is 39.0 Å². The van der Waals surface area contributed by atoms with E-state index in [0.717, 1.165) is 28.6 Å². The van der Waals surface area contributed by atoms with Crippen LogP contribution < -0.4 is 4.74 Å². The summed E-state index contributed by atoms with van der Waals surface area (Å²) >= 11 is 1.61. The van der Waals surface area contributed by atoms with Gasteiger partial charge in [0.2, 0.25) is 10.0 Å². The van der Waals surface area contributed by atoms with Gasteiger partial charge in [-0.25, -0.2) is 13.4 Å². The van der Waals surface area contributed by atoms with Gasteiger partial charge in [-0.15, -0.1) is 11.3 Å². The highest BCUT2D eigenvalue weighted by Gasteiger charge is 2.26. The van der Waals surface area contributed by atoms with E-state index in [-0.39, 0.29) is 5.75 Å². The molecule has 1 saturated heterocycles. The lowest BCUT2D eigenvalue weighted by Gasteiger charge is -2.33. The van der Waals surface area contributed by atoms with Crippen LogP contribution in [0.5, 0.6) is 5.75 Å². The van der Waals surface area contributed by atoms with Gasteiger partial charge >= 0.3 is 0 Å². The summed E-state index contributed by atoms with van der Waals surface area (Å²) in [7, 11) is -1.58. The molecule has 0 atom stereocenters. The van der Waals surface area contributed by atoms with Crippen molar-refractivity contribution in [2.45, 2.75) is 25.8 Å². The van der Waals surface area contributed by atoms with Gasteiger partial charge in [0.25, 0.3) is 0 Å². The molecule has 1 aliphatic heterocycles. The smallest absolute Gasteiger partial charge is 0.214 e. The third kappa shape index (κ3) is 6.00. The van der Waals surface area contributed by atoms with Crippen LogP contribution in [-0.2, 0) is 16.6 Å². The van der Waals surface area contributed by atoms with Gasteiger partial charge in [0.05, 0.1) is 24.6 Å². The maximum absolute atomic E-state index is 12.4. The fourth-order valence-corrected chi connectivity index (χ4v) is 5.62. The predicted molar refractivity (Wildman–Crippen MR) is 114 cm³/mol. The summed E-state index contributed by atoms with van der Waals surface area (Å²) in [4.78, 5) is 6.98. The molecule has 0 saturated carbocycles. The monoisotopic (exact) mass is 434 g/mol. The molecule has 2 heterocycles. The van der Waals surface area contributed by atoms with Crippen LogP contribution in [-0.4, -0.2) is 61.6 Å². The van der Waals surface area contributed by atoms with E-state index >= 15 is 0 Å². The third-order valence-electron chi connectivity index (χ3n) is 4.94. The molecule has 1 aromatic heterocycles. The molecule has 2 aromatic rings. The van der Waals surface area contributed by atoms with Gasteiger partial charge < -0.3 is 4.74 Å². The summed E-state index contributed by atoms with van der Waals surface area (Å²) in [5, 5.41) is 11.6. The van der Waals surface area contributed by atoms with Gasteiger partial charge in [-0.3, -0.25) is 4.90 Å². The van der Waals surface area contributed by atoms with Crippen molar-refractivity contribution in [3.05, 3.63) is 35.3 Å². The molecule has 0 unspecified atom stereocenters. The van der Waals surface area contributed by atoms with E-state index in [0.29, 0.717) is 45.4 Å². The van der Waals surface area contributed by atoms with Crippen molar-refractivity contribution in [1.82, 2.24) is 14.2 Å². The summed E-state index contributed by atoms with van der Waals surface area (Å²) in [6, 6.07) is 9.91. The first-order valence-electron chi connectivity index (χ1n) is 9.68. The highest BCUT2D eigenvalue weighted by molar-refractivity contribution is 7.89. The highest BCUT2D eigenvalue weighted by Crippen LogP contribution is 2.26. The molecule has 7 nitrogen and oxygen atoms in total. The number of methoxy groups -OCH3 is 1. The Balaban J connectivity index is 1.49. The molecule has 0 aliphatic carbocycles. The average Bonchev–Trinajstić information content (AvgIpc) is 3.20. The fraction of sp³-hybridized carbons (Fsp3) is 0.500. The first-order valence-corrected chi connectivity index (χ1v) is 12.2. The Morgan fingerprint density at radius 2 is 1.90 bits per heavy atom. The van der Waals surface area contributed by atoms with Crippen molar-refractivity contribution in [2.24, 2.45) is 0 Å². The quantitative estimate of drug-likeness (QED) is 0.564. The van der Waals surface area contributed by atoms with Crippen LogP contribution in [0.4, 0.5) is 0 Å². The van der Waals surface area contributed by atoms with Crippen LogP contribution in [0.2, 0.25) is 0 Å². The highest BCUT2D eigenvalue weighted by atomic mass is 32.2. The number of unbranched alkanes of at least 4 members (excludes halogenated alkanes) is 2. The van der Waals surface area contributed by atoms with Crippen LogP contribution in [0.25, 0.3) is 10.6 Å². The van der Waals surface area contributed by atoms with Crippen molar-refractivity contribution >= 4 is 21.4 Å². The number of thiazole rings is 1. The molecule has 0 N–H and O–H groups in total. The number of nitriles is 1. The zero-order chi connectivity index (χ0) is 20.7. The lowest BCUT2D eigenvalue weighted by molar-refractivity contribution is 0.180. The standard InChI is InChI=1S/C20H26N4O3S2/c1-27-19-7-5-17(6-8-19)20-22-18(16-28-20)15-23-10-12-24(13-11-23)29(25,26)14-4-2-3-9-21/h5-8,16H,2-4,10-15H2,1H3. The predicted octanol–water partition coefficient (Wildman–Crippen LogP) is 2.96. The van der Waals surface area contributed by atoms with E-state index in [1.807, 2.05) is 24.3 Å². The van der Waals surface area contributed by atoms with Crippen LogP contribution in [0, 0.1) is 11.3 Å². The van der Waals surface area contributed by atoms with Gasteiger partial charge in [-0.1, -0.05) is 0 Å². The molecule has 3 rings (SSSR count). The Labute approximate surface area is 176 Å². The lowest BCUT2D eigenvalue weighted by atomic mass is 10.2. The number of nitrogens with zero attached hydrogens (tertiary/aromatic N) is 4. The Hall–Kier alpha value is -1.99. The second-order valence-corrected chi connectivity index (χ2v) is 9.93. The zero-order valence-corrected chi connectivity index (χ0v) is 18.2. The summed E-state index contributed by atoms with van der Waals surface area (Å²) in [5.41, 5.74) is 2.07. The summed E-state index contributed by atoms with van der Waals surface area (Å²) in [6.45, 7) is 3.15. The van der Waals surface area contributed by atoms with Crippen molar-refractivity contribution in [3.8, 4) is 22.4 Å². The maximum atomic E-state index is 12.4. The SMILES string of the molecule is COc1ccc(-c2nc(CN3CCN(S(=O)(=O)CCCCC#N)CC3)cs2)cc1. The third-order valence-corrected chi connectivity index (χ3v) is 7.84. The lowest BCUT2D eigenvalue weighted by Crippen LogP contribution is -2.48. The molecule has 1 aromatic carbocycles. The largest absolute Gasteiger partial charge is 0.497 e.